The van der Waals surface area contributed by atoms with Crippen molar-refractivity contribution in [3.05, 3.63) is 85.1 Å². The highest BCUT2D eigenvalue weighted by Crippen LogP contribution is 2.24. The Morgan fingerprint density at radius 1 is 0.769 bits per heavy atom. The summed E-state index contributed by atoms with van der Waals surface area (Å²) >= 11 is 0. The Kier molecular flexibility index (Phi) is 4.10. The fourth-order valence-corrected chi connectivity index (χ4v) is 3.72. The topological polar surface area (TPSA) is 72.0 Å². The van der Waals surface area contributed by atoms with Gasteiger partial charge in [-0.05, 0) is 36.4 Å². The molecule has 6 heteroatoms. The first-order valence-electron chi connectivity index (χ1n) is 8.02. The quantitative estimate of drug-likeness (QED) is 0.594. The van der Waals surface area contributed by atoms with Gasteiger partial charge in [0.25, 0.3) is 10.0 Å². The van der Waals surface area contributed by atoms with Crippen LogP contribution in [0.3, 0.4) is 0 Å². The predicted octanol–water partition coefficient (Wildman–Crippen LogP) is 4.10. The summed E-state index contributed by atoms with van der Waals surface area (Å²) in [5.41, 5.74) is 3.56. The van der Waals surface area contributed by atoms with Gasteiger partial charge in [-0.2, -0.15) is 0 Å². The number of para-hydroxylation sites is 2. The fraction of sp³-hybridized carbons (Fsp3) is 0. The molecule has 3 aromatic carbocycles. The molecule has 0 amide bonds. The van der Waals surface area contributed by atoms with Crippen LogP contribution in [-0.2, 0) is 10.0 Å². The Bertz CT molecular complexity index is 1180. The molecule has 0 fully saturated rings. The Morgan fingerprint density at radius 2 is 1.50 bits per heavy atom. The summed E-state index contributed by atoms with van der Waals surface area (Å²) in [6.07, 6.45) is 1.69. The molecule has 26 heavy (non-hydrogen) atoms. The zero-order chi connectivity index (χ0) is 18.0. The smallest absolute Gasteiger partial charge is 0.261 e. The molecule has 0 atom stereocenters. The van der Waals surface area contributed by atoms with Crippen LogP contribution in [0.1, 0.15) is 0 Å². The van der Waals surface area contributed by atoms with Crippen molar-refractivity contribution in [2.75, 3.05) is 4.72 Å². The first-order chi connectivity index (χ1) is 12.6. The third-order valence-electron chi connectivity index (χ3n) is 3.91. The van der Waals surface area contributed by atoms with E-state index in [1.54, 1.807) is 54.7 Å². The van der Waals surface area contributed by atoms with Gasteiger partial charge in [-0.25, -0.2) is 13.4 Å². The number of hydrogen-bond acceptors (Lipinski definition) is 4. The summed E-state index contributed by atoms with van der Waals surface area (Å²) in [7, 11) is -3.63. The van der Waals surface area contributed by atoms with Crippen LogP contribution < -0.4 is 4.72 Å². The predicted molar refractivity (Wildman–Crippen MR) is 102 cm³/mol. The van der Waals surface area contributed by atoms with Gasteiger partial charge in [0.1, 0.15) is 0 Å². The van der Waals surface area contributed by atoms with Gasteiger partial charge in [0.05, 0.1) is 27.8 Å². The molecule has 1 N–H and O–H groups in total. The van der Waals surface area contributed by atoms with Crippen molar-refractivity contribution in [1.29, 1.82) is 0 Å². The fourth-order valence-electron chi connectivity index (χ4n) is 2.65. The molecule has 5 nitrogen and oxygen atoms in total. The van der Waals surface area contributed by atoms with Crippen molar-refractivity contribution in [3.63, 3.8) is 0 Å². The Morgan fingerprint density at radius 3 is 2.31 bits per heavy atom. The molecule has 0 bridgehead atoms. The van der Waals surface area contributed by atoms with Crippen LogP contribution in [0.5, 0.6) is 0 Å². The largest absolute Gasteiger partial charge is 0.280 e. The molecule has 0 saturated carbocycles. The number of hydrogen-bond donors (Lipinski definition) is 1. The second-order valence-electron chi connectivity index (χ2n) is 5.74. The van der Waals surface area contributed by atoms with Crippen LogP contribution in [0.4, 0.5) is 5.69 Å². The lowest BCUT2D eigenvalue weighted by atomic mass is 10.1. The molecular weight excluding hydrogens is 346 g/mol. The van der Waals surface area contributed by atoms with Crippen LogP contribution in [-0.4, -0.2) is 18.4 Å². The van der Waals surface area contributed by atoms with Gasteiger partial charge in [-0.1, -0.05) is 42.5 Å². The molecule has 4 aromatic rings. The van der Waals surface area contributed by atoms with E-state index in [0.717, 1.165) is 16.6 Å². The Hall–Kier alpha value is -3.25. The molecule has 0 saturated heterocycles. The van der Waals surface area contributed by atoms with E-state index in [2.05, 4.69) is 14.7 Å². The van der Waals surface area contributed by atoms with E-state index in [9.17, 15) is 8.42 Å². The number of anilines is 1. The lowest BCUT2D eigenvalue weighted by Gasteiger charge is -2.09. The zero-order valence-electron chi connectivity index (χ0n) is 13.7. The molecule has 1 aromatic heterocycles. The number of sulfonamides is 1. The van der Waals surface area contributed by atoms with E-state index in [1.165, 1.54) is 0 Å². The number of rotatable bonds is 4. The van der Waals surface area contributed by atoms with Gasteiger partial charge < -0.3 is 0 Å². The molecule has 0 aliphatic heterocycles. The normalized spacial score (nSPS) is 11.4. The maximum absolute atomic E-state index is 12.5. The molecule has 0 spiro atoms. The van der Waals surface area contributed by atoms with Gasteiger partial charge in [0, 0.05) is 11.3 Å². The standard InChI is InChI=1S/C20H15N3O2S/c24-26(25,17-9-2-1-3-10-17)23-16-8-6-7-15(13-16)20-14-21-18-11-4-5-12-19(18)22-20/h1-14,23H. The maximum atomic E-state index is 12.5. The summed E-state index contributed by atoms with van der Waals surface area (Å²) in [6, 6.07) is 23.0. The summed E-state index contributed by atoms with van der Waals surface area (Å²) in [4.78, 5) is 9.23. The van der Waals surface area contributed by atoms with Crippen molar-refractivity contribution in [3.8, 4) is 11.3 Å². The van der Waals surface area contributed by atoms with Gasteiger partial charge in [0.2, 0.25) is 0 Å². The summed E-state index contributed by atoms with van der Waals surface area (Å²) < 4.78 is 27.6. The zero-order valence-corrected chi connectivity index (χ0v) is 14.5. The van der Waals surface area contributed by atoms with Crippen LogP contribution >= 0.6 is 0 Å². The van der Waals surface area contributed by atoms with E-state index >= 15 is 0 Å². The van der Waals surface area contributed by atoms with E-state index in [0.29, 0.717) is 11.4 Å². The van der Waals surface area contributed by atoms with Gasteiger partial charge in [-0.3, -0.25) is 9.71 Å². The van der Waals surface area contributed by atoms with Crippen molar-refractivity contribution in [2.24, 2.45) is 0 Å². The van der Waals surface area contributed by atoms with E-state index in [4.69, 9.17) is 0 Å². The number of nitrogens with zero attached hydrogens (tertiary/aromatic N) is 2. The Balaban J connectivity index is 1.68. The van der Waals surface area contributed by atoms with Crippen molar-refractivity contribution < 1.29 is 8.42 Å². The second kappa shape index (κ2) is 6.57. The second-order valence-corrected chi connectivity index (χ2v) is 7.43. The molecule has 0 radical (unpaired) electrons. The van der Waals surface area contributed by atoms with Crippen molar-refractivity contribution in [2.45, 2.75) is 4.90 Å². The van der Waals surface area contributed by atoms with Gasteiger partial charge >= 0.3 is 0 Å². The SMILES string of the molecule is O=S(=O)(Nc1cccc(-c2cnc3ccccc3n2)c1)c1ccccc1. The maximum Gasteiger partial charge on any atom is 0.261 e. The first-order valence-corrected chi connectivity index (χ1v) is 9.50. The molecular formula is C20H15N3O2S. The minimum absolute atomic E-state index is 0.218. The van der Waals surface area contributed by atoms with Crippen molar-refractivity contribution in [1.82, 2.24) is 9.97 Å². The highest BCUT2D eigenvalue weighted by Gasteiger charge is 2.14. The van der Waals surface area contributed by atoms with E-state index < -0.39 is 10.0 Å². The molecule has 1 heterocycles. The van der Waals surface area contributed by atoms with Crippen LogP contribution in [0.25, 0.3) is 22.3 Å². The highest BCUT2D eigenvalue weighted by atomic mass is 32.2. The Labute approximate surface area is 151 Å². The monoisotopic (exact) mass is 361 g/mol. The van der Waals surface area contributed by atoms with Crippen LogP contribution in [0.2, 0.25) is 0 Å². The number of benzene rings is 3. The van der Waals surface area contributed by atoms with Crippen LogP contribution in [0, 0.1) is 0 Å². The molecule has 128 valence electrons. The third kappa shape index (κ3) is 3.27. The lowest BCUT2D eigenvalue weighted by molar-refractivity contribution is 0.601. The first kappa shape index (κ1) is 16.2. The number of fused-ring (bicyclic) bond motifs is 1. The molecule has 4 rings (SSSR count). The van der Waals surface area contributed by atoms with E-state index in [-0.39, 0.29) is 4.90 Å². The van der Waals surface area contributed by atoms with Gasteiger partial charge in [-0.15, -0.1) is 0 Å². The summed E-state index contributed by atoms with van der Waals surface area (Å²) in [6.45, 7) is 0. The lowest BCUT2D eigenvalue weighted by Crippen LogP contribution is -2.12. The van der Waals surface area contributed by atoms with Crippen molar-refractivity contribution >= 4 is 26.7 Å². The average Bonchev–Trinajstić information content (AvgIpc) is 2.68. The average molecular weight is 361 g/mol. The third-order valence-corrected chi connectivity index (χ3v) is 5.31. The highest BCUT2D eigenvalue weighted by molar-refractivity contribution is 7.92. The van der Waals surface area contributed by atoms with E-state index in [1.807, 2.05) is 30.3 Å². The molecule has 0 aliphatic carbocycles. The summed E-state index contributed by atoms with van der Waals surface area (Å²) in [5, 5.41) is 0. The minimum Gasteiger partial charge on any atom is -0.280 e. The molecule has 0 unspecified atom stereocenters. The van der Waals surface area contributed by atoms with Crippen LogP contribution in [0.15, 0.2) is 90.0 Å². The van der Waals surface area contributed by atoms with Gasteiger partial charge in [0.15, 0.2) is 0 Å². The minimum atomic E-state index is -3.63. The number of aromatic nitrogens is 2. The number of nitrogens with one attached hydrogen (secondary N) is 1. The molecule has 0 aliphatic rings. The summed E-state index contributed by atoms with van der Waals surface area (Å²) in [5.74, 6) is 0.